The lowest BCUT2D eigenvalue weighted by Crippen LogP contribution is -2.23. The number of nitrogens with one attached hydrogen (secondary N) is 1. The molecule has 6 N–H and O–H groups in total. The van der Waals surface area contributed by atoms with E-state index in [0.29, 0.717) is 10.4 Å². The molecule has 0 saturated carbocycles. The van der Waals surface area contributed by atoms with Gasteiger partial charge in [-0.15, -0.1) is 5.10 Å². The Morgan fingerprint density at radius 1 is 1.22 bits per heavy atom. The second-order valence-corrected chi connectivity index (χ2v) is 8.54. The van der Waals surface area contributed by atoms with Gasteiger partial charge in [0.1, 0.15) is 17.2 Å². The van der Waals surface area contributed by atoms with Crippen LogP contribution >= 0.6 is 0 Å². The maximum absolute atomic E-state index is 14.5. The Morgan fingerprint density at radius 3 is 2.25 bits per heavy atom. The number of anilines is 3. The number of rotatable bonds is 6. The number of sulfonamides is 1. The number of aromatic nitrogens is 3. The molecule has 0 bridgehead atoms. The van der Waals surface area contributed by atoms with Crippen molar-refractivity contribution in [3.63, 3.8) is 0 Å². The van der Waals surface area contributed by atoms with Gasteiger partial charge >= 0.3 is 0 Å². The number of halogens is 2. The van der Waals surface area contributed by atoms with E-state index < -0.39 is 51.6 Å². The number of aliphatic hydroxyl groups excluding tert-OH is 1. The van der Waals surface area contributed by atoms with Crippen LogP contribution in [0.1, 0.15) is 36.4 Å². The van der Waals surface area contributed by atoms with Gasteiger partial charge < -0.3 is 16.2 Å². The van der Waals surface area contributed by atoms with Crippen molar-refractivity contribution in [3.8, 4) is 0 Å². The highest BCUT2D eigenvalue weighted by molar-refractivity contribution is 7.89. The first-order valence-corrected chi connectivity index (χ1v) is 11.2. The third-order valence-corrected chi connectivity index (χ3v) is 5.20. The summed E-state index contributed by atoms with van der Waals surface area (Å²) in [6.45, 7) is 1.26. The van der Waals surface area contributed by atoms with Gasteiger partial charge in [-0.2, -0.15) is 9.67 Å². The van der Waals surface area contributed by atoms with Gasteiger partial charge in [-0.3, -0.25) is 4.79 Å². The second kappa shape index (κ2) is 12.7. The molecule has 36 heavy (non-hydrogen) atoms. The quantitative estimate of drug-likeness (QED) is 0.338. The summed E-state index contributed by atoms with van der Waals surface area (Å²) in [5, 5.41) is 21.1. The summed E-state index contributed by atoms with van der Waals surface area (Å²) in [4.78, 5) is 16.3. The first-order valence-electron chi connectivity index (χ1n) is 9.65. The van der Waals surface area contributed by atoms with Crippen LogP contribution < -0.4 is 16.2 Å². The van der Waals surface area contributed by atoms with Crippen molar-refractivity contribution in [2.75, 3.05) is 11.1 Å². The molecule has 0 fully saturated rings. The lowest BCUT2D eigenvalue weighted by Gasteiger charge is -2.11. The molecule has 0 aliphatic rings. The molecule has 0 spiro atoms. The zero-order valence-electron chi connectivity index (χ0n) is 18.3. The van der Waals surface area contributed by atoms with Crippen LogP contribution in [-0.2, 0) is 10.0 Å². The molecule has 1 heterocycles. The van der Waals surface area contributed by atoms with Crippen LogP contribution in [-0.4, -0.2) is 70.9 Å². The van der Waals surface area contributed by atoms with Crippen molar-refractivity contribution in [1.29, 1.82) is 0 Å². The summed E-state index contributed by atoms with van der Waals surface area (Å²) in [5.74, 6) is -4.26. The summed E-state index contributed by atoms with van der Waals surface area (Å²) in [6.07, 6.45) is -1.74. The molecule has 1 aromatic heterocycles. The van der Waals surface area contributed by atoms with E-state index in [1.807, 2.05) is 0 Å². The van der Waals surface area contributed by atoms with Crippen molar-refractivity contribution in [3.05, 3.63) is 59.2 Å². The predicted molar refractivity (Wildman–Crippen MR) is 138 cm³/mol. The number of nitrogens with two attached hydrogens (primary N) is 2. The van der Waals surface area contributed by atoms with Crippen molar-refractivity contribution >= 4 is 70.2 Å². The Hall–Kier alpha value is -3.10. The van der Waals surface area contributed by atoms with E-state index in [2.05, 4.69) is 15.4 Å². The number of aliphatic hydroxyl groups is 1. The number of primary sulfonamides is 1. The van der Waals surface area contributed by atoms with Crippen molar-refractivity contribution in [2.45, 2.75) is 25.3 Å². The third-order valence-electron chi connectivity index (χ3n) is 4.27. The minimum atomic E-state index is -3.87. The van der Waals surface area contributed by atoms with E-state index in [0.717, 1.165) is 12.1 Å². The molecule has 3 aromatic rings. The molecule has 1 unspecified atom stereocenters. The van der Waals surface area contributed by atoms with Crippen LogP contribution in [0.15, 0.2) is 41.3 Å². The third kappa shape index (κ3) is 7.70. The minimum Gasteiger partial charge on any atom is -0.389 e. The zero-order chi connectivity index (χ0) is 26.5. The molecule has 0 saturated heterocycles. The average molecular weight is 509 g/mol. The van der Waals surface area contributed by atoms with E-state index in [9.17, 15) is 27.1 Å². The maximum Gasteiger partial charge on any atom is 0.287 e. The first-order chi connectivity index (χ1) is 16.3. The monoisotopic (exact) mass is 509 g/mol. The van der Waals surface area contributed by atoms with Gasteiger partial charge in [0.05, 0.1) is 11.0 Å². The normalized spacial score (nSPS) is 11.4. The number of nitrogens with zero attached hydrogens (tertiary/aromatic N) is 3. The molecular formula is C18H20B5F2N6O4S. The zero-order valence-corrected chi connectivity index (χ0v) is 19.1. The highest BCUT2D eigenvalue weighted by Gasteiger charge is 2.26. The lowest BCUT2D eigenvalue weighted by molar-refractivity contribution is 0.0938. The number of carbonyl (C=O) groups excluding carboxylic acids is 1. The van der Waals surface area contributed by atoms with Crippen LogP contribution in [0.4, 0.5) is 26.4 Å². The van der Waals surface area contributed by atoms with E-state index in [4.69, 9.17) is 34.1 Å². The molecule has 18 heteroatoms. The summed E-state index contributed by atoms with van der Waals surface area (Å²) >= 11 is 0. The van der Waals surface area contributed by atoms with Crippen LogP contribution in [0.25, 0.3) is 0 Å². The standard InChI is InChI=1S/C17H16F2N6O4S.CH4.B5/c1-8(26)11-6-7-12(18)13(14(11)19)15(27)25-16(20)23-17(24-25)22-9-2-4-10(5-3-9)30(21,28)29;;1-4-5(2)3/h2-8,26H,1H3,(H2,21,28,29)(H3,20,22,23,24);1H4;. The SMILES string of the molecule is C.CC(O)c1ccc(F)c(C(=O)n2nc(Nc3ccc(S(N)(=O)=O)cc3)nc2N)c1F.[B][B]B([B])[B]. The van der Waals surface area contributed by atoms with E-state index >= 15 is 0 Å². The number of hydrogen-bond donors (Lipinski definition) is 4. The highest BCUT2D eigenvalue weighted by atomic mass is 32.2. The van der Waals surface area contributed by atoms with Crippen LogP contribution in [0.2, 0.25) is 0 Å². The summed E-state index contributed by atoms with van der Waals surface area (Å²) in [5.41, 5.74) is 4.76. The Bertz CT molecular complexity index is 1310. The smallest absolute Gasteiger partial charge is 0.287 e. The van der Waals surface area contributed by atoms with Crippen LogP contribution in [0.5, 0.6) is 0 Å². The fourth-order valence-electron chi connectivity index (χ4n) is 2.58. The van der Waals surface area contributed by atoms with Crippen molar-refractivity contribution in [2.24, 2.45) is 5.14 Å². The van der Waals surface area contributed by atoms with Crippen LogP contribution in [0, 0.1) is 11.6 Å². The molecule has 1 atom stereocenters. The molecule has 0 aliphatic carbocycles. The fraction of sp³-hybridized carbons (Fsp3) is 0.167. The molecule has 10 nitrogen and oxygen atoms in total. The van der Waals surface area contributed by atoms with Gasteiger partial charge in [-0.25, -0.2) is 22.3 Å². The number of hydrogen-bond acceptors (Lipinski definition) is 8. The van der Waals surface area contributed by atoms with Crippen molar-refractivity contribution < 1.29 is 27.1 Å². The van der Waals surface area contributed by atoms with E-state index in [-0.39, 0.29) is 23.8 Å². The van der Waals surface area contributed by atoms with Crippen molar-refractivity contribution in [1.82, 2.24) is 14.8 Å². The summed E-state index contributed by atoms with van der Waals surface area (Å²) in [6, 6.07) is 7.06. The molecule has 0 amide bonds. The molecule has 181 valence electrons. The Labute approximate surface area is 212 Å². The number of benzene rings is 2. The molecular weight excluding hydrogens is 488 g/mol. The maximum atomic E-state index is 14.5. The van der Waals surface area contributed by atoms with E-state index in [1.54, 1.807) is 0 Å². The average Bonchev–Trinajstić information content (AvgIpc) is 3.13. The van der Waals surface area contributed by atoms with Gasteiger partial charge in [0.25, 0.3) is 5.91 Å². The first kappa shape index (κ1) is 30.9. The summed E-state index contributed by atoms with van der Waals surface area (Å²) < 4.78 is 51.7. The minimum absolute atomic E-state index is 0. The Balaban J connectivity index is 0.000000983. The number of nitrogen functional groups attached to an aromatic ring is 1. The van der Waals surface area contributed by atoms with Gasteiger partial charge in [0.2, 0.25) is 21.9 Å². The van der Waals surface area contributed by atoms with Gasteiger partial charge in [0, 0.05) is 47.9 Å². The molecule has 7 radical (unpaired) electrons. The molecule has 0 aliphatic heterocycles. The lowest BCUT2D eigenvalue weighted by atomic mass is 8.97. The Kier molecular flexibility index (Phi) is 10.9. The van der Waals surface area contributed by atoms with Crippen LogP contribution in [0.3, 0.4) is 0 Å². The molecule has 2 aromatic carbocycles. The van der Waals surface area contributed by atoms with Gasteiger partial charge in [-0.1, -0.05) is 13.5 Å². The largest absolute Gasteiger partial charge is 0.389 e. The fourth-order valence-corrected chi connectivity index (χ4v) is 3.09. The second-order valence-electron chi connectivity index (χ2n) is 6.98. The van der Waals surface area contributed by atoms with Gasteiger partial charge in [-0.05, 0) is 37.3 Å². The topological polar surface area (TPSA) is 166 Å². The van der Waals surface area contributed by atoms with Gasteiger partial charge in [0.15, 0.2) is 0 Å². The Morgan fingerprint density at radius 2 is 1.78 bits per heavy atom. The number of carbonyl (C=O) groups is 1. The van der Waals surface area contributed by atoms with E-state index in [1.165, 1.54) is 38.3 Å². The highest BCUT2D eigenvalue weighted by Crippen LogP contribution is 2.24. The predicted octanol–water partition coefficient (Wildman–Crippen LogP) is 0.00340. The summed E-state index contributed by atoms with van der Waals surface area (Å²) in [7, 11) is 11.9. The molecule has 3 rings (SSSR count).